The molecule has 1 aliphatic rings. The number of carbonyl (C=O) groups excluding carboxylic acids is 1. The van der Waals surface area contributed by atoms with Crippen molar-refractivity contribution in [2.75, 3.05) is 19.7 Å². The van der Waals surface area contributed by atoms with Crippen LogP contribution in [0.5, 0.6) is 5.75 Å². The summed E-state index contributed by atoms with van der Waals surface area (Å²) in [6.45, 7) is 3.93. The van der Waals surface area contributed by atoms with Crippen LogP contribution in [0.4, 0.5) is 0 Å². The lowest BCUT2D eigenvalue weighted by molar-refractivity contribution is 0.0634. The first-order valence-electron chi connectivity index (χ1n) is 11.8. The standard InChI is InChI=1S/C28H29N3O3/c1-20-9-6-7-13-25(20)34-19-21-10-8-15-30(17-21)27(32)23-18-29(2)24-14-16-31(28(33)26(23)24)22-11-4-3-5-12-22/h3-7,9,11-14,16,18,21H,8,10,15,17,19H2,1-2H3. The van der Waals surface area contributed by atoms with E-state index in [1.165, 1.54) is 0 Å². The third kappa shape index (κ3) is 4.12. The van der Waals surface area contributed by atoms with Crippen LogP contribution in [-0.2, 0) is 7.05 Å². The van der Waals surface area contributed by atoms with E-state index in [0.29, 0.717) is 30.6 Å². The second-order valence-corrected chi connectivity index (χ2v) is 9.08. The van der Waals surface area contributed by atoms with Crippen LogP contribution in [0.3, 0.4) is 0 Å². The molecule has 2 aromatic carbocycles. The smallest absolute Gasteiger partial charge is 0.265 e. The Morgan fingerprint density at radius 2 is 1.82 bits per heavy atom. The topological polar surface area (TPSA) is 56.5 Å². The second kappa shape index (κ2) is 9.21. The average molecular weight is 456 g/mol. The summed E-state index contributed by atoms with van der Waals surface area (Å²) < 4.78 is 9.54. The summed E-state index contributed by atoms with van der Waals surface area (Å²) in [6.07, 6.45) is 5.50. The number of para-hydroxylation sites is 2. The minimum atomic E-state index is -0.177. The molecule has 1 amide bonds. The van der Waals surface area contributed by atoms with Crippen molar-refractivity contribution in [1.82, 2.24) is 14.0 Å². The maximum absolute atomic E-state index is 13.6. The number of nitrogens with zero attached hydrogens (tertiary/aromatic N) is 3. The first kappa shape index (κ1) is 22.0. The van der Waals surface area contributed by atoms with Crippen LogP contribution in [0, 0.1) is 12.8 Å². The van der Waals surface area contributed by atoms with E-state index in [1.54, 1.807) is 17.0 Å². The monoisotopic (exact) mass is 455 g/mol. The highest BCUT2D eigenvalue weighted by Gasteiger charge is 2.28. The summed E-state index contributed by atoms with van der Waals surface area (Å²) in [6, 6.07) is 19.4. The zero-order valence-corrected chi connectivity index (χ0v) is 19.6. The molecular weight excluding hydrogens is 426 g/mol. The van der Waals surface area contributed by atoms with Crippen molar-refractivity contribution in [2.45, 2.75) is 19.8 Å². The number of pyridine rings is 1. The SMILES string of the molecule is Cc1ccccc1OCC1CCCN(C(=O)c2cn(C)c3ccn(-c4ccccc4)c(=O)c23)C1. The Morgan fingerprint density at radius 1 is 1.06 bits per heavy atom. The van der Waals surface area contributed by atoms with E-state index in [0.717, 1.165) is 35.4 Å². The lowest BCUT2D eigenvalue weighted by Gasteiger charge is -2.32. The second-order valence-electron chi connectivity index (χ2n) is 9.08. The van der Waals surface area contributed by atoms with Crippen LogP contribution >= 0.6 is 0 Å². The van der Waals surface area contributed by atoms with Crippen LogP contribution in [0.15, 0.2) is 77.9 Å². The molecule has 34 heavy (non-hydrogen) atoms. The van der Waals surface area contributed by atoms with Crippen molar-refractivity contribution in [3.05, 3.63) is 94.5 Å². The Balaban J connectivity index is 1.40. The molecule has 1 fully saturated rings. The number of fused-ring (bicyclic) bond motifs is 1. The highest BCUT2D eigenvalue weighted by molar-refractivity contribution is 6.06. The Kier molecular flexibility index (Phi) is 5.97. The molecular formula is C28H29N3O3. The summed E-state index contributed by atoms with van der Waals surface area (Å²) in [5.41, 5.74) is 2.94. The van der Waals surface area contributed by atoms with Crippen LogP contribution in [0.1, 0.15) is 28.8 Å². The van der Waals surface area contributed by atoms with Gasteiger partial charge < -0.3 is 14.2 Å². The first-order valence-corrected chi connectivity index (χ1v) is 11.8. The fraction of sp³-hybridized carbons (Fsp3) is 0.286. The largest absolute Gasteiger partial charge is 0.493 e. The number of aromatic nitrogens is 2. The van der Waals surface area contributed by atoms with Gasteiger partial charge >= 0.3 is 0 Å². The van der Waals surface area contributed by atoms with Gasteiger partial charge in [0.15, 0.2) is 0 Å². The molecule has 1 aliphatic heterocycles. The zero-order chi connectivity index (χ0) is 23.7. The molecule has 5 rings (SSSR count). The van der Waals surface area contributed by atoms with Crippen molar-refractivity contribution in [2.24, 2.45) is 13.0 Å². The van der Waals surface area contributed by atoms with Gasteiger partial charge in [0, 0.05) is 44.1 Å². The minimum absolute atomic E-state index is 0.0888. The van der Waals surface area contributed by atoms with Crippen molar-refractivity contribution in [3.63, 3.8) is 0 Å². The molecule has 0 radical (unpaired) electrons. The van der Waals surface area contributed by atoms with E-state index in [-0.39, 0.29) is 17.4 Å². The number of amides is 1. The van der Waals surface area contributed by atoms with Gasteiger partial charge in [-0.2, -0.15) is 0 Å². The normalized spacial score (nSPS) is 16.1. The predicted octanol–water partition coefficient (Wildman–Crippen LogP) is 4.57. The number of piperidine rings is 1. The zero-order valence-electron chi connectivity index (χ0n) is 19.6. The van der Waals surface area contributed by atoms with E-state index < -0.39 is 0 Å². The summed E-state index contributed by atoms with van der Waals surface area (Å²) in [4.78, 5) is 29.0. The predicted molar refractivity (Wildman–Crippen MR) is 134 cm³/mol. The number of rotatable bonds is 5. The van der Waals surface area contributed by atoms with E-state index in [1.807, 2.05) is 84.1 Å². The molecule has 0 aliphatic carbocycles. The van der Waals surface area contributed by atoms with Gasteiger partial charge in [0.2, 0.25) is 0 Å². The maximum Gasteiger partial charge on any atom is 0.265 e. The van der Waals surface area contributed by atoms with Gasteiger partial charge in [0.1, 0.15) is 5.75 Å². The Bertz CT molecular complexity index is 1390. The summed E-state index contributed by atoms with van der Waals surface area (Å²) in [5.74, 6) is 1.06. The van der Waals surface area contributed by atoms with Gasteiger partial charge in [0.25, 0.3) is 11.5 Å². The number of carbonyl (C=O) groups is 1. The highest BCUT2D eigenvalue weighted by atomic mass is 16.5. The summed E-state index contributed by atoms with van der Waals surface area (Å²) in [5, 5.41) is 0.470. The Labute approximate surface area is 199 Å². The van der Waals surface area contributed by atoms with E-state index in [4.69, 9.17) is 4.74 Å². The third-order valence-electron chi connectivity index (χ3n) is 6.68. The van der Waals surface area contributed by atoms with Crippen molar-refractivity contribution >= 4 is 16.8 Å². The van der Waals surface area contributed by atoms with Crippen LogP contribution in [0.2, 0.25) is 0 Å². The lowest BCUT2D eigenvalue weighted by Crippen LogP contribution is -2.41. The van der Waals surface area contributed by atoms with E-state index in [2.05, 4.69) is 0 Å². The summed E-state index contributed by atoms with van der Waals surface area (Å²) >= 11 is 0. The molecule has 6 nitrogen and oxygen atoms in total. The van der Waals surface area contributed by atoms with E-state index >= 15 is 0 Å². The molecule has 1 unspecified atom stereocenters. The molecule has 1 atom stereocenters. The van der Waals surface area contributed by atoms with Crippen molar-refractivity contribution < 1.29 is 9.53 Å². The van der Waals surface area contributed by atoms with Gasteiger partial charge in [-0.25, -0.2) is 0 Å². The van der Waals surface area contributed by atoms with Crippen molar-refractivity contribution in [3.8, 4) is 11.4 Å². The molecule has 0 saturated carbocycles. The third-order valence-corrected chi connectivity index (χ3v) is 6.68. The van der Waals surface area contributed by atoms with Crippen molar-refractivity contribution in [1.29, 1.82) is 0 Å². The number of hydrogen-bond acceptors (Lipinski definition) is 3. The molecule has 6 heteroatoms. The molecule has 0 N–H and O–H groups in total. The minimum Gasteiger partial charge on any atom is -0.493 e. The number of ether oxygens (including phenoxy) is 1. The number of aryl methyl sites for hydroxylation is 2. The Hall–Kier alpha value is -3.80. The highest BCUT2D eigenvalue weighted by Crippen LogP contribution is 2.25. The van der Waals surface area contributed by atoms with Gasteiger partial charge in [-0.15, -0.1) is 0 Å². The van der Waals surface area contributed by atoms with Gasteiger partial charge in [0.05, 0.1) is 23.1 Å². The molecule has 174 valence electrons. The Morgan fingerprint density at radius 3 is 2.62 bits per heavy atom. The number of benzene rings is 2. The average Bonchev–Trinajstić information content (AvgIpc) is 3.21. The molecule has 0 bridgehead atoms. The van der Waals surface area contributed by atoms with Gasteiger partial charge in [-0.1, -0.05) is 36.4 Å². The first-order chi connectivity index (χ1) is 16.5. The van der Waals surface area contributed by atoms with E-state index in [9.17, 15) is 9.59 Å². The fourth-order valence-corrected chi connectivity index (χ4v) is 4.84. The van der Waals surface area contributed by atoms with Crippen LogP contribution in [-0.4, -0.2) is 39.6 Å². The lowest BCUT2D eigenvalue weighted by atomic mass is 9.98. The summed E-state index contributed by atoms with van der Waals surface area (Å²) in [7, 11) is 1.88. The molecule has 3 heterocycles. The fourth-order valence-electron chi connectivity index (χ4n) is 4.84. The molecule has 4 aromatic rings. The molecule has 0 spiro atoms. The van der Waals surface area contributed by atoms with Crippen LogP contribution < -0.4 is 10.3 Å². The van der Waals surface area contributed by atoms with Gasteiger partial charge in [-0.3, -0.25) is 14.2 Å². The van der Waals surface area contributed by atoms with Gasteiger partial charge in [-0.05, 0) is 49.6 Å². The quantitative estimate of drug-likeness (QED) is 0.443. The molecule has 2 aromatic heterocycles. The number of hydrogen-bond donors (Lipinski definition) is 0. The maximum atomic E-state index is 13.6. The van der Waals surface area contributed by atoms with Crippen LogP contribution in [0.25, 0.3) is 16.6 Å². The number of likely N-dealkylation sites (tertiary alicyclic amines) is 1. The molecule has 1 saturated heterocycles.